The Morgan fingerprint density at radius 1 is 1.38 bits per heavy atom. The first-order chi connectivity index (χ1) is 7.40. The number of hydrogen-bond acceptors (Lipinski definition) is 1. The molecular weight excluding hydrogens is 290 g/mol. The van der Waals surface area contributed by atoms with Crippen LogP contribution in [0.1, 0.15) is 0 Å². The van der Waals surface area contributed by atoms with Gasteiger partial charge in [0.15, 0.2) is 5.54 Å². The van der Waals surface area contributed by atoms with Gasteiger partial charge >= 0.3 is 6.18 Å². The highest BCUT2D eigenvalue weighted by Gasteiger charge is 2.70. The van der Waals surface area contributed by atoms with E-state index in [9.17, 15) is 17.6 Å². The minimum atomic E-state index is -4.54. The van der Waals surface area contributed by atoms with Crippen LogP contribution in [0.3, 0.4) is 0 Å². The summed E-state index contributed by atoms with van der Waals surface area (Å²) in [6.45, 7) is -1.73. The Morgan fingerprint density at radius 3 is 2.50 bits per heavy atom. The molecule has 2 rings (SSSR count). The first kappa shape index (κ1) is 11.7. The van der Waals surface area contributed by atoms with E-state index in [0.717, 1.165) is 4.90 Å². The first-order valence-electron chi connectivity index (χ1n) is 4.57. The van der Waals surface area contributed by atoms with Crippen LogP contribution in [0, 0.1) is 0 Å². The Bertz CT molecular complexity index is 406. The van der Waals surface area contributed by atoms with E-state index in [1.165, 1.54) is 6.07 Å². The van der Waals surface area contributed by atoms with Crippen molar-refractivity contribution in [3.63, 3.8) is 0 Å². The monoisotopic (exact) mass is 297 g/mol. The molecule has 1 aliphatic rings. The molecule has 1 aliphatic heterocycles. The molecular formula is C10H8BrF4N. The summed E-state index contributed by atoms with van der Waals surface area (Å²) in [6, 6.07) is 6.41. The second-order valence-corrected chi connectivity index (χ2v) is 4.64. The van der Waals surface area contributed by atoms with Crippen molar-refractivity contribution in [3.8, 4) is 0 Å². The van der Waals surface area contributed by atoms with E-state index in [-0.39, 0.29) is 6.54 Å². The van der Waals surface area contributed by atoms with E-state index in [2.05, 4.69) is 15.9 Å². The van der Waals surface area contributed by atoms with Crippen molar-refractivity contribution in [2.45, 2.75) is 11.7 Å². The van der Waals surface area contributed by atoms with Gasteiger partial charge in [0.25, 0.3) is 0 Å². The molecule has 0 saturated carbocycles. The molecule has 16 heavy (non-hydrogen) atoms. The SMILES string of the molecule is FCC1(C(F)(F)F)CN1c1cccc(Br)c1. The van der Waals surface area contributed by atoms with Crippen molar-refractivity contribution < 1.29 is 17.6 Å². The molecule has 0 radical (unpaired) electrons. The maximum atomic E-state index is 12.6. The molecule has 1 heterocycles. The smallest absolute Gasteiger partial charge is 0.351 e. The van der Waals surface area contributed by atoms with Crippen LogP contribution in [-0.2, 0) is 0 Å². The minimum Gasteiger partial charge on any atom is -0.351 e. The Kier molecular flexibility index (Phi) is 2.64. The predicted octanol–water partition coefficient (Wildman–Crippen LogP) is 3.54. The molecule has 0 aromatic heterocycles. The van der Waals surface area contributed by atoms with E-state index in [4.69, 9.17) is 0 Å². The Balaban J connectivity index is 2.28. The summed E-state index contributed by atoms with van der Waals surface area (Å²) in [5, 5.41) is 0. The topological polar surface area (TPSA) is 3.01 Å². The zero-order chi connectivity index (χ0) is 12.0. The quantitative estimate of drug-likeness (QED) is 0.596. The standard InChI is InChI=1S/C10H8BrF4N/c11-7-2-1-3-8(4-7)16-6-9(16,5-12)10(13,14)15/h1-4H,5-6H2. The minimum absolute atomic E-state index is 0.316. The van der Waals surface area contributed by atoms with Gasteiger partial charge in [-0.1, -0.05) is 22.0 Å². The van der Waals surface area contributed by atoms with Gasteiger partial charge in [0.05, 0.1) is 6.54 Å². The summed E-state index contributed by atoms with van der Waals surface area (Å²) in [6.07, 6.45) is -4.54. The highest BCUT2D eigenvalue weighted by molar-refractivity contribution is 9.10. The molecule has 0 N–H and O–H groups in total. The molecule has 88 valence electrons. The molecule has 1 aromatic rings. The number of alkyl halides is 4. The molecule has 1 aromatic carbocycles. The second kappa shape index (κ2) is 3.61. The largest absolute Gasteiger partial charge is 0.415 e. The van der Waals surface area contributed by atoms with E-state index < -0.39 is 18.4 Å². The second-order valence-electron chi connectivity index (χ2n) is 3.73. The summed E-state index contributed by atoms with van der Waals surface area (Å²) >= 11 is 3.17. The van der Waals surface area contributed by atoms with Crippen LogP contribution in [0.5, 0.6) is 0 Å². The summed E-state index contributed by atoms with van der Waals surface area (Å²) in [5.74, 6) is 0. The van der Waals surface area contributed by atoms with E-state index in [1.807, 2.05) is 0 Å². The molecule has 6 heteroatoms. The lowest BCUT2D eigenvalue weighted by atomic mass is 10.1. The van der Waals surface area contributed by atoms with Gasteiger partial charge in [0, 0.05) is 10.2 Å². The fraction of sp³-hybridized carbons (Fsp3) is 0.400. The van der Waals surface area contributed by atoms with Gasteiger partial charge in [-0.05, 0) is 18.2 Å². The molecule has 1 fully saturated rings. The predicted molar refractivity (Wildman–Crippen MR) is 56.2 cm³/mol. The highest BCUT2D eigenvalue weighted by atomic mass is 79.9. The van der Waals surface area contributed by atoms with Gasteiger partial charge in [-0.25, -0.2) is 4.39 Å². The number of nitrogens with zero attached hydrogens (tertiary/aromatic N) is 1. The number of rotatable bonds is 2. The van der Waals surface area contributed by atoms with Crippen LogP contribution in [0.15, 0.2) is 28.7 Å². The Labute approximate surface area is 98.2 Å². The zero-order valence-electron chi connectivity index (χ0n) is 8.06. The Hall–Kier alpha value is -0.780. The van der Waals surface area contributed by atoms with Crippen molar-refractivity contribution >= 4 is 21.6 Å². The highest BCUT2D eigenvalue weighted by Crippen LogP contribution is 2.49. The molecule has 0 aliphatic carbocycles. The molecule has 0 spiro atoms. The van der Waals surface area contributed by atoms with Crippen LogP contribution in [0.4, 0.5) is 23.2 Å². The van der Waals surface area contributed by atoms with Crippen molar-refractivity contribution in [1.29, 1.82) is 0 Å². The summed E-state index contributed by atoms with van der Waals surface area (Å²) < 4.78 is 51.2. The lowest BCUT2D eigenvalue weighted by Gasteiger charge is -2.18. The van der Waals surface area contributed by atoms with Crippen LogP contribution >= 0.6 is 15.9 Å². The summed E-state index contributed by atoms with van der Waals surface area (Å²) in [7, 11) is 0. The molecule has 1 unspecified atom stereocenters. The number of hydrogen-bond donors (Lipinski definition) is 0. The lowest BCUT2D eigenvalue weighted by Crippen LogP contribution is -2.39. The molecule has 0 bridgehead atoms. The number of anilines is 1. The van der Waals surface area contributed by atoms with Crippen molar-refractivity contribution in [2.24, 2.45) is 0 Å². The average molecular weight is 298 g/mol. The average Bonchev–Trinajstić information content (AvgIpc) is 2.92. The molecule has 1 atom stereocenters. The maximum absolute atomic E-state index is 12.6. The van der Waals surface area contributed by atoms with E-state index >= 15 is 0 Å². The van der Waals surface area contributed by atoms with Gasteiger partial charge in [0.1, 0.15) is 6.67 Å². The van der Waals surface area contributed by atoms with Crippen molar-refractivity contribution in [1.82, 2.24) is 0 Å². The molecule has 1 saturated heterocycles. The van der Waals surface area contributed by atoms with Crippen molar-refractivity contribution in [2.75, 3.05) is 18.1 Å². The van der Waals surface area contributed by atoms with Gasteiger partial charge in [0.2, 0.25) is 0 Å². The summed E-state index contributed by atoms with van der Waals surface area (Å²) in [4.78, 5) is 1.03. The van der Waals surface area contributed by atoms with E-state index in [1.54, 1.807) is 18.2 Å². The molecule has 1 nitrogen and oxygen atoms in total. The lowest BCUT2D eigenvalue weighted by molar-refractivity contribution is -0.159. The number of benzene rings is 1. The van der Waals surface area contributed by atoms with Crippen LogP contribution in [-0.4, -0.2) is 24.9 Å². The van der Waals surface area contributed by atoms with Gasteiger partial charge in [-0.3, -0.25) is 0 Å². The normalized spacial score (nSPS) is 24.7. The van der Waals surface area contributed by atoms with Crippen molar-refractivity contribution in [3.05, 3.63) is 28.7 Å². The third-order valence-electron chi connectivity index (χ3n) is 2.70. The van der Waals surface area contributed by atoms with Crippen LogP contribution in [0.2, 0.25) is 0 Å². The fourth-order valence-electron chi connectivity index (χ4n) is 1.64. The van der Waals surface area contributed by atoms with Gasteiger partial charge < -0.3 is 4.90 Å². The summed E-state index contributed by atoms with van der Waals surface area (Å²) in [5.41, 5.74) is -1.93. The molecule has 0 amide bonds. The first-order valence-corrected chi connectivity index (χ1v) is 5.36. The zero-order valence-corrected chi connectivity index (χ0v) is 9.65. The number of halogens is 5. The van der Waals surface area contributed by atoms with Crippen LogP contribution < -0.4 is 4.90 Å². The maximum Gasteiger partial charge on any atom is 0.415 e. The van der Waals surface area contributed by atoms with Gasteiger partial charge in [-0.2, -0.15) is 13.2 Å². The fourth-order valence-corrected chi connectivity index (χ4v) is 2.03. The third-order valence-corrected chi connectivity index (χ3v) is 3.19. The van der Waals surface area contributed by atoms with Crippen LogP contribution in [0.25, 0.3) is 0 Å². The Morgan fingerprint density at radius 2 is 2.06 bits per heavy atom. The van der Waals surface area contributed by atoms with E-state index in [0.29, 0.717) is 10.2 Å². The van der Waals surface area contributed by atoms with Gasteiger partial charge in [-0.15, -0.1) is 0 Å². The third kappa shape index (κ3) is 1.69.